The van der Waals surface area contributed by atoms with Gasteiger partial charge in [0.15, 0.2) is 5.82 Å². The number of nitrogens with zero attached hydrogens (tertiary/aromatic N) is 4. The first kappa shape index (κ1) is 13.0. The maximum atomic E-state index is 10.7. The third kappa shape index (κ3) is 2.86. The van der Waals surface area contributed by atoms with Gasteiger partial charge in [0.2, 0.25) is 0 Å². The lowest BCUT2D eigenvalue weighted by Crippen LogP contribution is -2.07. The third-order valence-corrected chi connectivity index (χ3v) is 2.64. The van der Waals surface area contributed by atoms with Crippen LogP contribution in [0, 0.1) is 10.1 Å². The number of aromatic nitrogens is 3. The summed E-state index contributed by atoms with van der Waals surface area (Å²) in [4.78, 5) is 14.2. The molecule has 2 rings (SSSR count). The van der Waals surface area contributed by atoms with Gasteiger partial charge in [-0.3, -0.25) is 14.8 Å². The highest BCUT2D eigenvalue weighted by Gasteiger charge is 2.11. The zero-order chi connectivity index (χ0) is 13.8. The van der Waals surface area contributed by atoms with Gasteiger partial charge in [0.05, 0.1) is 4.92 Å². The minimum absolute atomic E-state index is 0.00791. The van der Waals surface area contributed by atoms with E-state index in [1.165, 1.54) is 24.5 Å². The van der Waals surface area contributed by atoms with Gasteiger partial charge in [0.1, 0.15) is 18.7 Å². The molecule has 2 aromatic rings. The summed E-state index contributed by atoms with van der Waals surface area (Å²) < 4.78 is 7.15. The summed E-state index contributed by atoms with van der Waals surface area (Å²) in [5, 5.41) is 14.6. The van der Waals surface area contributed by atoms with Gasteiger partial charge >= 0.3 is 0 Å². The predicted octanol–water partition coefficient (Wildman–Crippen LogP) is 0.761. The summed E-state index contributed by atoms with van der Waals surface area (Å²) in [5.74, 6) is 1.16. The van der Waals surface area contributed by atoms with Crippen LogP contribution in [0.5, 0.6) is 5.75 Å². The van der Waals surface area contributed by atoms with Crippen LogP contribution in [0.15, 0.2) is 24.5 Å². The second kappa shape index (κ2) is 5.44. The highest BCUT2D eigenvalue weighted by molar-refractivity contribution is 5.43. The summed E-state index contributed by atoms with van der Waals surface area (Å²) in [6.07, 6.45) is 1.43. The Kier molecular flexibility index (Phi) is 3.71. The second-order valence-electron chi connectivity index (χ2n) is 3.84. The topological polar surface area (TPSA) is 109 Å². The van der Waals surface area contributed by atoms with E-state index < -0.39 is 4.92 Å². The first-order valence-corrected chi connectivity index (χ1v) is 5.55. The number of ether oxygens (including phenoxy) is 1. The van der Waals surface area contributed by atoms with E-state index in [0.717, 1.165) is 0 Å². The average Bonchev–Trinajstić information content (AvgIpc) is 2.81. The molecule has 0 saturated heterocycles. The van der Waals surface area contributed by atoms with E-state index in [4.69, 9.17) is 10.5 Å². The van der Waals surface area contributed by atoms with E-state index in [0.29, 0.717) is 17.1 Å². The number of benzene rings is 1. The molecular weight excluding hydrogens is 250 g/mol. The molecule has 100 valence electrons. The van der Waals surface area contributed by atoms with Gasteiger partial charge in [-0.1, -0.05) is 0 Å². The number of nitro groups is 1. The smallest absolute Gasteiger partial charge is 0.270 e. The summed E-state index contributed by atoms with van der Waals surface area (Å²) in [6.45, 7) is 0.386. The van der Waals surface area contributed by atoms with E-state index in [1.54, 1.807) is 11.7 Å². The van der Waals surface area contributed by atoms with E-state index in [2.05, 4.69) is 10.1 Å². The second-order valence-corrected chi connectivity index (χ2v) is 3.84. The number of aryl methyl sites for hydroxylation is 1. The molecule has 1 aromatic heterocycles. The Morgan fingerprint density at radius 2 is 2.32 bits per heavy atom. The molecule has 0 atom stereocenters. The van der Waals surface area contributed by atoms with Gasteiger partial charge in [0, 0.05) is 31.3 Å². The molecule has 0 amide bonds. The molecule has 1 heterocycles. The minimum Gasteiger partial charge on any atom is -0.485 e. The molecule has 0 aliphatic rings. The Balaban J connectivity index is 2.16. The minimum atomic E-state index is -0.467. The van der Waals surface area contributed by atoms with Crippen molar-refractivity contribution in [2.24, 2.45) is 12.8 Å². The Morgan fingerprint density at radius 1 is 1.53 bits per heavy atom. The zero-order valence-electron chi connectivity index (χ0n) is 10.3. The molecule has 2 N–H and O–H groups in total. The largest absolute Gasteiger partial charge is 0.485 e. The molecule has 0 aliphatic carbocycles. The van der Waals surface area contributed by atoms with Gasteiger partial charge in [-0.05, 0) is 6.07 Å². The SMILES string of the molecule is Cn1ncnc1COc1ccc([N+](=O)[O-])cc1CN. The molecular formula is C11H13N5O3. The van der Waals surface area contributed by atoms with Crippen molar-refractivity contribution in [2.45, 2.75) is 13.2 Å². The molecule has 0 saturated carbocycles. The van der Waals surface area contributed by atoms with Gasteiger partial charge in [-0.2, -0.15) is 5.10 Å². The van der Waals surface area contributed by atoms with Crippen molar-refractivity contribution in [2.75, 3.05) is 0 Å². The number of nitro benzene ring substituents is 1. The summed E-state index contributed by atoms with van der Waals surface area (Å²) in [6, 6.07) is 4.33. The Labute approximate surface area is 109 Å². The third-order valence-electron chi connectivity index (χ3n) is 2.64. The van der Waals surface area contributed by atoms with Gasteiger partial charge in [-0.25, -0.2) is 4.98 Å². The lowest BCUT2D eigenvalue weighted by atomic mass is 10.2. The highest BCUT2D eigenvalue weighted by atomic mass is 16.6. The number of hydrogen-bond donors (Lipinski definition) is 1. The van der Waals surface area contributed by atoms with Crippen molar-refractivity contribution in [1.82, 2.24) is 14.8 Å². The number of nitrogens with two attached hydrogens (primary N) is 1. The van der Waals surface area contributed by atoms with Crippen molar-refractivity contribution in [3.8, 4) is 5.75 Å². The Bertz CT molecular complexity index is 596. The van der Waals surface area contributed by atoms with E-state index in [1.807, 2.05) is 0 Å². The first-order valence-electron chi connectivity index (χ1n) is 5.55. The lowest BCUT2D eigenvalue weighted by molar-refractivity contribution is -0.384. The fraction of sp³-hybridized carbons (Fsp3) is 0.273. The maximum Gasteiger partial charge on any atom is 0.270 e. The molecule has 19 heavy (non-hydrogen) atoms. The molecule has 8 heteroatoms. The van der Waals surface area contributed by atoms with Crippen LogP contribution < -0.4 is 10.5 Å². The van der Waals surface area contributed by atoms with Crippen LogP contribution in [0.3, 0.4) is 0 Å². The van der Waals surface area contributed by atoms with E-state index >= 15 is 0 Å². The fourth-order valence-electron chi connectivity index (χ4n) is 1.57. The van der Waals surface area contributed by atoms with E-state index in [-0.39, 0.29) is 18.8 Å². The van der Waals surface area contributed by atoms with Crippen LogP contribution in [0.4, 0.5) is 5.69 Å². The molecule has 0 spiro atoms. The van der Waals surface area contributed by atoms with Crippen LogP contribution >= 0.6 is 0 Å². The standard InChI is InChI=1S/C11H13N5O3/c1-15-11(13-7-14-15)6-19-10-3-2-9(16(17)18)4-8(10)5-12/h2-4,7H,5-6,12H2,1H3. The van der Waals surface area contributed by atoms with Gasteiger partial charge in [0.25, 0.3) is 5.69 Å². The lowest BCUT2D eigenvalue weighted by Gasteiger charge is -2.09. The monoisotopic (exact) mass is 263 g/mol. The average molecular weight is 263 g/mol. The van der Waals surface area contributed by atoms with Crippen molar-refractivity contribution in [1.29, 1.82) is 0 Å². The predicted molar refractivity (Wildman–Crippen MR) is 66.3 cm³/mol. The Morgan fingerprint density at radius 3 is 2.89 bits per heavy atom. The molecule has 1 aromatic carbocycles. The van der Waals surface area contributed by atoms with Crippen LogP contribution in [0.25, 0.3) is 0 Å². The van der Waals surface area contributed by atoms with E-state index in [9.17, 15) is 10.1 Å². The Hall–Kier alpha value is -2.48. The number of rotatable bonds is 5. The molecule has 0 fully saturated rings. The molecule has 0 bridgehead atoms. The normalized spacial score (nSPS) is 10.4. The molecule has 0 radical (unpaired) electrons. The molecule has 8 nitrogen and oxygen atoms in total. The first-order chi connectivity index (χ1) is 9.11. The van der Waals surface area contributed by atoms with Gasteiger partial charge in [-0.15, -0.1) is 0 Å². The summed E-state index contributed by atoms with van der Waals surface area (Å²) in [5.41, 5.74) is 6.13. The van der Waals surface area contributed by atoms with Crippen molar-refractivity contribution in [3.63, 3.8) is 0 Å². The fourth-order valence-corrected chi connectivity index (χ4v) is 1.57. The molecule has 0 unspecified atom stereocenters. The van der Waals surface area contributed by atoms with Crippen molar-refractivity contribution in [3.05, 3.63) is 46.0 Å². The van der Waals surface area contributed by atoms with Crippen LogP contribution in [-0.4, -0.2) is 19.7 Å². The number of non-ortho nitro benzene ring substituents is 1. The highest BCUT2D eigenvalue weighted by Crippen LogP contribution is 2.24. The van der Waals surface area contributed by atoms with Crippen LogP contribution in [0.2, 0.25) is 0 Å². The van der Waals surface area contributed by atoms with Crippen molar-refractivity contribution >= 4 is 5.69 Å². The summed E-state index contributed by atoms with van der Waals surface area (Å²) >= 11 is 0. The number of hydrogen-bond acceptors (Lipinski definition) is 6. The molecule has 0 aliphatic heterocycles. The van der Waals surface area contributed by atoms with Crippen molar-refractivity contribution < 1.29 is 9.66 Å². The zero-order valence-corrected chi connectivity index (χ0v) is 10.3. The summed E-state index contributed by atoms with van der Waals surface area (Å²) in [7, 11) is 1.76. The van der Waals surface area contributed by atoms with Crippen LogP contribution in [0.1, 0.15) is 11.4 Å². The van der Waals surface area contributed by atoms with Gasteiger partial charge < -0.3 is 10.5 Å². The maximum absolute atomic E-state index is 10.7. The quantitative estimate of drug-likeness (QED) is 0.630. The van der Waals surface area contributed by atoms with Crippen LogP contribution in [-0.2, 0) is 20.2 Å².